The number of fused-ring (bicyclic) bond motifs is 3. The van der Waals surface area contributed by atoms with Crippen molar-refractivity contribution in [2.75, 3.05) is 0 Å². The van der Waals surface area contributed by atoms with Crippen LogP contribution in [0.5, 0.6) is 0 Å². The van der Waals surface area contributed by atoms with Gasteiger partial charge in [0.15, 0.2) is 11.2 Å². The predicted molar refractivity (Wildman–Crippen MR) is 120 cm³/mol. The van der Waals surface area contributed by atoms with Gasteiger partial charge in [0.25, 0.3) is 0 Å². The summed E-state index contributed by atoms with van der Waals surface area (Å²) in [5, 5.41) is 23.3. The molecular formula is C25H16ClN3OS. The van der Waals surface area contributed by atoms with E-state index in [9.17, 15) is 15.3 Å². The molecule has 1 aromatic heterocycles. The molecule has 2 aromatic carbocycles. The van der Waals surface area contributed by atoms with E-state index in [1.807, 2.05) is 59.0 Å². The van der Waals surface area contributed by atoms with Crippen LogP contribution in [0.3, 0.4) is 0 Å². The molecule has 3 atom stereocenters. The molecule has 2 aliphatic rings. The Hall–Kier alpha value is -3.38. The number of carbonyl (C=O) groups excluding carboxylic acids is 1. The van der Waals surface area contributed by atoms with E-state index in [0.29, 0.717) is 10.6 Å². The lowest BCUT2D eigenvalue weighted by Gasteiger charge is -2.34. The number of hydrogen-bond donors (Lipinski definition) is 0. The number of benzene rings is 2. The number of hydrogen-bond acceptors (Lipinski definition) is 5. The lowest BCUT2D eigenvalue weighted by Crippen LogP contribution is -2.37. The van der Waals surface area contributed by atoms with Gasteiger partial charge in [-0.25, -0.2) is 0 Å². The van der Waals surface area contributed by atoms with Gasteiger partial charge < -0.3 is 4.90 Å². The van der Waals surface area contributed by atoms with Gasteiger partial charge in [-0.15, -0.1) is 11.3 Å². The van der Waals surface area contributed by atoms with Gasteiger partial charge in [0.05, 0.1) is 24.1 Å². The third kappa shape index (κ3) is 2.82. The van der Waals surface area contributed by atoms with Crippen molar-refractivity contribution >= 4 is 34.8 Å². The van der Waals surface area contributed by atoms with Crippen molar-refractivity contribution in [3.05, 3.63) is 98.8 Å². The van der Waals surface area contributed by atoms with Crippen molar-refractivity contribution in [3.8, 4) is 12.1 Å². The Bertz CT molecular complexity index is 1250. The molecule has 0 saturated carbocycles. The lowest BCUT2D eigenvalue weighted by molar-refractivity contribution is 0.0875. The van der Waals surface area contributed by atoms with E-state index in [1.165, 1.54) is 11.3 Å². The van der Waals surface area contributed by atoms with E-state index < -0.39 is 23.4 Å². The largest absolute Gasteiger partial charge is 0.357 e. The standard InChI is InChI=1S/C25H16ClN3OS/c26-18-9-7-17(8-10-18)23(30)22-21(20-6-3-13-31-20)25(14-27,15-28)24-19-5-2-1-4-16(19)11-12-29(22)24/h1-13,21-22,24H/t21-,22+,24-/m0/s1. The fourth-order valence-electron chi connectivity index (χ4n) is 4.86. The number of ketones is 1. The quantitative estimate of drug-likeness (QED) is 0.481. The summed E-state index contributed by atoms with van der Waals surface area (Å²) < 4.78 is 0. The van der Waals surface area contributed by atoms with Crippen LogP contribution in [0.25, 0.3) is 6.08 Å². The maximum absolute atomic E-state index is 13.8. The van der Waals surface area contributed by atoms with Gasteiger partial charge in [-0.1, -0.05) is 41.9 Å². The van der Waals surface area contributed by atoms with Crippen LogP contribution in [-0.2, 0) is 0 Å². The Balaban J connectivity index is 1.75. The minimum Gasteiger partial charge on any atom is -0.357 e. The fraction of sp³-hybridized carbons (Fsp3) is 0.160. The number of Topliss-reactive ketones (excluding diaryl/α,β-unsaturated/α-hetero) is 1. The molecular weight excluding hydrogens is 426 g/mol. The van der Waals surface area contributed by atoms with Gasteiger partial charge >= 0.3 is 0 Å². The number of thiophene rings is 1. The topological polar surface area (TPSA) is 67.9 Å². The van der Waals surface area contributed by atoms with Crippen molar-refractivity contribution in [3.63, 3.8) is 0 Å². The molecule has 0 amide bonds. The summed E-state index contributed by atoms with van der Waals surface area (Å²) in [4.78, 5) is 16.6. The molecule has 6 heteroatoms. The summed E-state index contributed by atoms with van der Waals surface area (Å²) >= 11 is 7.50. The Kier molecular flexibility index (Phi) is 4.67. The first kappa shape index (κ1) is 19.6. The van der Waals surface area contributed by atoms with E-state index in [0.717, 1.165) is 16.0 Å². The molecule has 3 aromatic rings. The zero-order chi connectivity index (χ0) is 21.6. The predicted octanol–water partition coefficient (Wildman–Crippen LogP) is 5.81. The second kappa shape index (κ2) is 7.39. The fourth-order valence-corrected chi connectivity index (χ4v) is 5.91. The SMILES string of the molecule is N#CC1(C#N)[C@@H]2c3ccccc3C=CN2[C@@H](C(=O)c2ccc(Cl)cc2)[C@@H]1c1cccs1. The van der Waals surface area contributed by atoms with Crippen molar-refractivity contribution in [2.24, 2.45) is 5.41 Å². The summed E-state index contributed by atoms with van der Waals surface area (Å²) in [5.41, 5.74) is 0.941. The Morgan fingerprint density at radius 1 is 1.03 bits per heavy atom. The first-order valence-corrected chi connectivity index (χ1v) is 11.1. The summed E-state index contributed by atoms with van der Waals surface area (Å²) in [6, 6.07) is 21.8. The van der Waals surface area contributed by atoms with E-state index in [2.05, 4.69) is 12.1 Å². The molecule has 2 aliphatic heterocycles. The van der Waals surface area contributed by atoms with Crippen molar-refractivity contribution in [1.82, 2.24) is 4.90 Å². The van der Waals surface area contributed by atoms with Gasteiger partial charge in [0, 0.05) is 21.7 Å². The Labute approximate surface area is 189 Å². The molecule has 5 rings (SSSR count). The van der Waals surface area contributed by atoms with Crippen LogP contribution < -0.4 is 0 Å². The first-order valence-electron chi connectivity index (χ1n) is 9.81. The molecule has 3 heterocycles. The van der Waals surface area contributed by atoms with Gasteiger partial charge in [-0.3, -0.25) is 4.79 Å². The molecule has 31 heavy (non-hydrogen) atoms. The van der Waals surface area contributed by atoms with E-state index in [1.54, 1.807) is 24.3 Å². The van der Waals surface area contributed by atoms with Crippen LogP contribution in [0.15, 0.2) is 72.2 Å². The number of nitriles is 2. The van der Waals surface area contributed by atoms with E-state index in [-0.39, 0.29) is 5.78 Å². The van der Waals surface area contributed by atoms with Crippen LogP contribution in [0, 0.1) is 28.1 Å². The molecule has 0 spiro atoms. The monoisotopic (exact) mass is 441 g/mol. The molecule has 0 bridgehead atoms. The molecule has 1 fully saturated rings. The molecule has 4 nitrogen and oxygen atoms in total. The third-order valence-corrected chi connectivity index (χ3v) is 7.40. The maximum Gasteiger partial charge on any atom is 0.185 e. The highest BCUT2D eigenvalue weighted by Gasteiger charge is 2.64. The van der Waals surface area contributed by atoms with Gasteiger partial charge in [-0.05, 0) is 52.9 Å². The maximum atomic E-state index is 13.8. The van der Waals surface area contributed by atoms with Crippen LogP contribution in [0.4, 0.5) is 0 Å². The minimum absolute atomic E-state index is 0.128. The van der Waals surface area contributed by atoms with Crippen LogP contribution >= 0.6 is 22.9 Å². The number of rotatable bonds is 3. The number of nitrogens with zero attached hydrogens (tertiary/aromatic N) is 3. The van der Waals surface area contributed by atoms with E-state index >= 15 is 0 Å². The Morgan fingerprint density at radius 3 is 2.45 bits per heavy atom. The second-order valence-corrected chi connectivity index (χ2v) is 9.11. The van der Waals surface area contributed by atoms with Crippen LogP contribution in [0.1, 0.15) is 38.3 Å². The zero-order valence-corrected chi connectivity index (χ0v) is 17.8. The summed E-state index contributed by atoms with van der Waals surface area (Å²) in [6.07, 6.45) is 3.81. The third-order valence-electron chi connectivity index (χ3n) is 6.19. The van der Waals surface area contributed by atoms with Crippen LogP contribution in [-0.4, -0.2) is 16.7 Å². The molecule has 0 radical (unpaired) electrons. The van der Waals surface area contributed by atoms with Crippen molar-refractivity contribution in [1.29, 1.82) is 10.5 Å². The molecule has 0 aliphatic carbocycles. The normalized spacial score (nSPS) is 22.8. The number of carbonyl (C=O) groups is 1. The van der Waals surface area contributed by atoms with Gasteiger partial charge in [-0.2, -0.15) is 10.5 Å². The Morgan fingerprint density at radius 2 is 1.77 bits per heavy atom. The molecule has 0 N–H and O–H groups in total. The van der Waals surface area contributed by atoms with Gasteiger partial charge in [0.2, 0.25) is 0 Å². The van der Waals surface area contributed by atoms with Crippen molar-refractivity contribution in [2.45, 2.75) is 18.0 Å². The number of halogens is 1. The van der Waals surface area contributed by atoms with Crippen LogP contribution in [0.2, 0.25) is 5.02 Å². The highest BCUT2D eigenvalue weighted by molar-refractivity contribution is 7.10. The highest BCUT2D eigenvalue weighted by atomic mass is 35.5. The molecule has 1 saturated heterocycles. The smallest absolute Gasteiger partial charge is 0.185 e. The lowest BCUT2D eigenvalue weighted by atomic mass is 9.69. The minimum atomic E-state index is -1.42. The second-order valence-electron chi connectivity index (χ2n) is 7.70. The van der Waals surface area contributed by atoms with Gasteiger partial charge in [0.1, 0.15) is 6.04 Å². The summed E-state index contributed by atoms with van der Waals surface area (Å²) in [6.45, 7) is 0. The summed E-state index contributed by atoms with van der Waals surface area (Å²) in [5.74, 6) is -0.719. The zero-order valence-electron chi connectivity index (χ0n) is 16.3. The molecule has 0 unspecified atom stereocenters. The van der Waals surface area contributed by atoms with Crippen molar-refractivity contribution < 1.29 is 4.79 Å². The summed E-state index contributed by atoms with van der Waals surface area (Å²) in [7, 11) is 0. The highest BCUT2D eigenvalue weighted by Crippen LogP contribution is 2.60. The molecule has 150 valence electrons. The average Bonchev–Trinajstić information content (AvgIpc) is 3.43. The van der Waals surface area contributed by atoms with E-state index in [4.69, 9.17) is 11.6 Å². The first-order chi connectivity index (χ1) is 15.1. The average molecular weight is 442 g/mol.